The number of hydrogen-bond donors (Lipinski definition) is 0. The Morgan fingerprint density at radius 1 is 1.42 bits per heavy atom. The first-order valence-electron chi connectivity index (χ1n) is 3.43. The summed E-state index contributed by atoms with van der Waals surface area (Å²) in [5.74, 6) is 0.515. The Kier molecular flexibility index (Phi) is 2.28. The van der Waals surface area contributed by atoms with Crippen molar-refractivity contribution in [2.24, 2.45) is 0 Å². The number of aryl methyl sites for hydroxylation is 1. The lowest BCUT2D eigenvalue weighted by molar-refractivity contribution is -0.385. The number of rotatable bonds is 2. The highest BCUT2D eigenvalue weighted by molar-refractivity contribution is 5.42. The second-order valence-electron chi connectivity index (χ2n) is 2.47. The summed E-state index contributed by atoms with van der Waals surface area (Å²) >= 11 is 0. The molecule has 0 atom stereocenters. The summed E-state index contributed by atoms with van der Waals surface area (Å²) in [4.78, 5) is 9.94. The summed E-state index contributed by atoms with van der Waals surface area (Å²) < 4.78 is 4.88. The van der Waals surface area contributed by atoms with E-state index in [1.807, 2.05) is 0 Å². The van der Waals surface area contributed by atoms with Crippen LogP contribution in [-0.4, -0.2) is 12.0 Å². The van der Waals surface area contributed by atoms with Crippen LogP contribution in [0.2, 0.25) is 0 Å². The van der Waals surface area contributed by atoms with Crippen molar-refractivity contribution in [1.82, 2.24) is 0 Å². The number of non-ortho nitro benzene ring substituents is 1. The fourth-order valence-corrected chi connectivity index (χ4v) is 0.952. The van der Waals surface area contributed by atoms with E-state index in [1.54, 1.807) is 13.0 Å². The summed E-state index contributed by atoms with van der Waals surface area (Å²) in [5.41, 5.74) is 0.882. The number of nitro benzene ring substituents is 1. The van der Waals surface area contributed by atoms with E-state index in [-0.39, 0.29) is 5.69 Å². The molecule has 0 amide bonds. The van der Waals surface area contributed by atoms with E-state index in [4.69, 9.17) is 4.74 Å². The number of methoxy groups -OCH3 is 1. The van der Waals surface area contributed by atoms with Crippen molar-refractivity contribution in [2.75, 3.05) is 7.11 Å². The predicted molar refractivity (Wildman–Crippen MR) is 44.4 cm³/mol. The normalized spacial score (nSPS) is 9.50. The molecule has 0 N–H and O–H groups in total. The van der Waals surface area contributed by atoms with Crippen molar-refractivity contribution >= 4 is 5.69 Å². The zero-order chi connectivity index (χ0) is 9.14. The van der Waals surface area contributed by atoms with Gasteiger partial charge in [0.05, 0.1) is 18.1 Å². The van der Waals surface area contributed by atoms with Crippen LogP contribution in [0.1, 0.15) is 5.56 Å². The molecule has 0 spiro atoms. The summed E-state index contributed by atoms with van der Waals surface area (Å²) in [6.07, 6.45) is 0. The van der Waals surface area contributed by atoms with Crippen LogP contribution in [0.25, 0.3) is 0 Å². The van der Waals surface area contributed by atoms with Gasteiger partial charge in [-0.3, -0.25) is 10.1 Å². The summed E-state index contributed by atoms with van der Waals surface area (Å²) in [6, 6.07) is 4.64. The van der Waals surface area contributed by atoms with Crippen LogP contribution in [0.5, 0.6) is 5.75 Å². The van der Waals surface area contributed by atoms with E-state index in [0.29, 0.717) is 5.75 Å². The summed E-state index contributed by atoms with van der Waals surface area (Å²) in [7, 11) is 1.48. The molecule has 4 heteroatoms. The Morgan fingerprint density at radius 3 is 2.58 bits per heavy atom. The molecule has 12 heavy (non-hydrogen) atoms. The highest BCUT2D eigenvalue weighted by Crippen LogP contribution is 2.21. The summed E-state index contributed by atoms with van der Waals surface area (Å²) in [6.45, 7) is 1.79. The van der Waals surface area contributed by atoms with E-state index < -0.39 is 4.92 Å². The van der Waals surface area contributed by atoms with Crippen LogP contribution < -0.4 is 4.74 Å². The average Bonchev–Trinajstić information content (AvgIpc) is 2.03. The zero-order valence-corrected chi connectivity index (χ0v) is 6.90. The molecule has 4 nitrogen and oxygen atoms in total. The molecule has 0 aromatic heterocycles. The number of nitro groups is 1. The lowest BCUT2D eigenvalue weighted by atomic mass is 10.2. The van der Waals surface area contributed by atoms with Crippen LogP contribution in [0.15, 0.2) is 18.2 Å². The van der Waals surface area contributed by atoms with Gasteiger partial charge in [-0.05, 0) is 18.6 Å². The largest absolute Gasteiger partial charge is 0.496 e. The minimum Gasteiger partial charge on any atom is -0.496 e. The van der Waals surface area contributed by atoms with Gasteiger partial charge in [0, 0.05) is 6.07 Å². The molecule has 1 aromatic carbocycles. The molecular formula is C8H9NO3. The monoisotopic (exact) mass is 167 g/mol. The molecule has 0 radical (unpaired) electrons. The van der Waals surface area contributed by atoms with Crippen LogP contribution >= 0.6 is 0 Å². The molecule has 1 rings (SSSR count). The fourth-order valence-electron chi connectivity index (χ4n) is 0.952. The van der Waals surface area contributed by atoms with E-state index in [2.05, 4.69) is 0 Å². The second-order valence-corrected chi connectivity index (χ2v) is 2.47. The van der Waals surface area contributed by atoms with Crippen molar-refractivity contribution in [3.63, 3.8) is 0 Å². The number of nitrogens with zero attached hydrogens (tertiary/aromatic N) is 1. The quantitative estimate of drug-likeness (QED) is 0.499. The molecule has 0 saturated carbocycles. The molecule has 64 valence electrons. The Labute approximate surface area is 69.9 Å². The molecule has 0 saturated heterocycles. The topological polar surface area (TPSA) is 52.4 Å². The Morgan fingerprint density at radius 2 is 2.08 bits per heavy atom. The molecule has 0 heterocycles. The van der Waals surface area contributed by atoms with Crippen LogP contribution in [0.3, 0.4) is 0 Å². The smallest absolute Gasteiger partial charge is 0.273 e. The van der Waals surface area contributed by atoms with Gasteiger partial charge in [0.15, 0.2) is 0 Å². The molecule has 1 aromatic rings. The van der Waals surface area contributed by atoms with Gasteiger partial charge in [-0.2, -0.15) is 0 Å². The molecule has 0 aliphatic carbocycles. The molecule has 0 fully saturated rings. The molecule has 0 unspecified atom stereocenters. The maximum atomic E-state index is 10.4. The first kappa shape index (κ1) is 8.52. The Bertz CT molecular complexity index is 309. The summed E-state index contributed by atoms with van der Waals surface area (Å²) in [5, 5.41) is 10.4. The minimum atomic E-state index is -0.435. The molecule has 0 aliphatic heterocycles. The maximum absolute atomic E-state index is 10.4. The van der Waals surface area contributed by atoms with Crippen LogP contribution in [0, 0.1) is 17.0 Å². The number of ether oxygens (including phenoxy) is 1. The van der Waals surface area contributed by atoms with E-state index >= 15 is 0 Å². The highest BCUT2D eigenvalue weighted by Gasteiger charge is 2.07. The van der Waals surface area contributed by atoms with Gasteiger partial charge >= 0.3 is 0 Å². The van der Waals surface area contributed by atoms with E-state index in [1.165, 1.54) is 19.2 Å². The zero-order valence-electron chi connectivity index (χ0n) is 6.90. The molecule has 0 bridgehead atoms. The Balaban J connectivity index is 3.15. The van der Waals surface area contributed by atoms with Gasteiger partial charge in [-0.25, -0.2) is 0 Å². The second kappa shape index (κ2) is 3.21. The molecule has 0 aliphatic rings. The lowest BCUT2D eigenvalue weighted by Crippen LogP contribution is -1.90. The van der Waals surface area contributed by atoms with Gasteiger partial charge < -0.3 is 4.74 Å². The molecular weight excluding hydrogens is 158 g/mol. The number of hydrogen-bond acceptors (Lipinski definition) is 3. The standard InChI is InChI=1S/C8H9NO3/c1-6-3-7(9(10)11)5-8(4-6)12-2/h3-5H,1-2H3. The van der Waals surface area contributed by atoms with Gasteiger partial charge in [0.2, 0.25) is 0 Å². The van der Waals surface area contributed by atoms with Crippen LogP contribution in [0.4, 0.5) is 5.69 Å². The van der Waals surface area contributed by atoms with Gasteiger partial charge in [-0.15, -0.1) is 0 Å². The van der Waals surface area contributed by atoms with Crippen molar-refractivity contribution < 1.29 is 9.66 Å². The third-order valence-corrected chi connectivity index (χ3v) is 1.48. The van der Waals surface area contributed by atoms with E-state index in [9.17, 15) is 10.1 Å². The van der Waals surface area contributed by atoms with Gasteiger partial charge in [-0.1, -0.05) is 0 Å². The third kappa shape index (κ3) is 1.72. The fraction of sp³-hybridized carbons (Fsp3) is 0.250. The van der Waals surface area contributed by atoms with E-state index in [0.717, 1.165) is 5.56 Å². The minimum absolute atomic E-state index is 0.0619. The maximum Gasteiger partial charge on any atom is 0.273 e. The van der Waals surface area contributed by atoms with Crippen molar-refractivity contribution in [1.29, 1.82) is 0 Å². The van der Waals surface area contributed by atoms with Crippen LogP contribution in [-0.2, 0) is 0 Å². The first-order chi connectivity index (χ1) is 5.63. The van der Waals surface area contributed by atoms with Gasteiger partial charge in [0.1, 0.15) is 5.75 Å². The van der Waals surface area contributed by atoms with Crippen molar-refractivity contribution in [3.05, 3.63) is 33.9 Å². The van der Waals surface area contributed by atoms with Gasteiger partial charge in [0.25, 0.3) is 5.69 Å². The highest BCUT2D eigenvalue weighted by atomic mass is 16.6. The van der Waals surface area contributed by atoms with Crippen molar-refractivity contribution in [3.8, 4) is 5.75 Å². The first-order valence-corrected chi connectivity index (χ1v) is 3.43. The SMILES string of the molecule is COc1cc(C)cc([N+](=O)[O-])c1. The van der Waals surface area contributed by atoms with Crippen molar-refractivity contribution in [2.45, 2.75) is 6.92 Å². The average molecular weight is 167 g/mol. The third-order valence-electron chi connectivity index (χ3n) is 1.48. The number of benzene rings is 1. The Hall–Kier alpha value is -1.58. The lowest BCUT2D eigenvalue weighted by Gasteiger charge is -2.00. The predicted octanol–water partition coefficient (Wildman–Crippen LogP) is 1.91.